The Balaban J connectivity index is 1.21. The van der Waals surface area contributed by atoms with Gasteiger partial charge in [0, 0.05) is 50.6 Å². The molecule has 0 bridgehead atoms. The van der Waals surface area contributed by atoms with Gasteiger partial charge in [-0.05, 0) is 24.0 Å². The summed E-state index contributed by atoms with van der Waals surface area (Å²) >= 11 is 0. The zero-order valence-electron chi connectivity index (χ0n) is 17.1. The predicted molar refractivity (Wildman–Crippen MR) is 110 cm³/mol. The Bertz CT molecular complexity index is 1100. The summed E-state index contributed by atoms with van der Waals surface area (Å²) in [6, 6.07) is 5.42. The minimum atomic E-state index is -0.591. The molecule has 31 heavy (non-hydrogen) atoms. The van der Waals surface area contributed by atoms with E-state index in [1.165, 1.54) is 0 Å². The van der Waals surface area contributed by atoms with Crippen LogP contribution in [0.4, 0.5) is 0 Å². The minimum absolute atomic E-state index is 0.112. The third-order valence-corrected chi connectivity index (χ3v) is 7.16. The maximum Gasteiger partial charge on any atom is 0.255 e. The van der Waals surface area contributed by atoms with Crippen molar-refractivity contribution in [1.29, 1.82) is 0 Å². The summed E-state index contributed by atoms with van der Waals surface area (Å²) in [6.07, 6.45) is 5.52. The summed E-state index contributed by atoms with van der Waals surface area (Å²) in [5.74, 6) is 0.263. The first-order valence-corrected chi connectivity index (χ1v) is 10.8. The average molecular weight is 420 g/mol. The van der Waals surface area contributed by atoms with Gasteiger partial charge in [-0.3, -0.25) is 19.7 Å². The molecule has 3 amide bonds. The highest BCUT2D eigenvalue weighted by molar-refractivity contribution is 6.05. The molecule has 2 fully saturated rings. The van der Waals surface area contributed by atoms with E-state index in [0.29, 0.717) is 25.1 Å². The van der Waals surface area contributed by atoms with Gasteiger partial charge in [-0.1, -0.05) is 18.2 Å². The number of rotatable bonds is 4. The maximum absolute atomic E-state index is 13.3. The maximum atomic E-state index is 13.3. The second kappa shape index (κ2) is 6.73. The van der Waals surface area contributed by atoms with Crippen molar-refractivity contribution in [3.63, 3.8) is 0 Å². The Kier molecular flexibility index (Phi) is 4.06. The summed E-state index contributed by atoms with van der Waals surface area (Å²) in [7, 11) is 0. The Morgan fingerprint density at radius 3 is 2.87 bits per heavy atom. The van der Waals surface area contributed by atoms with E-state index >= 15 is 0 Å². The molecule has 1 spiro atoms. The molecule has 2 unspecified atom stereocenters. The van der Waals surface area contributed by atoms with Crippen LogP contribution in [-0.4, -0.2) is 51.3 Å². The molecule has 9 heteroatoms. The second-order valence-electron chi connectivity index (χ2n) is 8.97. The highest BCUT2D eigenvalue weighted by atomic mass is 16.2. The predicted octanol–water partition coefficient (Wildman–Crippen LogP) is 0.177. The number of hydrogen-bond donors (Lipinski definition) is 3. The van der Waals surface area contributed by atoms with E-state index in [4.69, 9.17) is 0 Å². The average Bonchev–Trinajstić information content (AvgIpc) is 3.40. The van der Waals surface area contributed by atoms with Crippen LogP contribution in [0.15, 0.2) is 30.6 Å². The number of piperidine rings is 1. The van der Waals surface area contributed by atoms with Gasteiger partial charge in [0.05, 0.1) is 11.6 Å². The quantitative estimate of drug-likeness (QED) is 0.609. The number of aromatic nitrogens is 2. The van der Waals surface area contributed by atoms with Crippen molar-refractivity contribution in [2.75, 3.05) is 13.1 Å². The number of carbonyl (C=O) groups excluding carboxylic acids is 3. The monoisotopic (exact) mass is 420 g/mol. The Labute approximate surface area is 179 Å². The van der Waals surface area contributed by atoms with E-state index in [9.17, 15) is 14.4 Å². The molecular weight excluding hydrogens is 396 g/mol. The van der Waals surface area contributed by atoms with Crippen molar-refractivity contribution in [3.05, 3.63) is 53.1 Å². The van der Waals surface area contributed by atoms with Crippen LogP contribution in [-0.2, 0) is 28.2 Å². The largest absolute Gasteiger partial charge is 0.325 e. The molecule has 1 aromatic carbocycles. The fourth-order valence-corrected chi connectivity index (χ4v) is 5.51. The van der Waals surface area contributed by atoms with Gasteiger partial charge in [0.1, 0.15) is 11.9 Å². The molecule has 4 aliphatic heterocycles. The highest BCUT2D eigenvalue weighted by Crippen LogP contribution is 2.41. The second-order valence-corrected chi connectivity index (χ2v) is 8.97. The summed E-state index contributed by atoms with van der Waals surface area (Å²) in [5.41, 5.74) is 2.66. The first-order valence-electron chi connectivity index (χ1n) is 10.8. The van der Waals surface area contributed by atoms with Gasteiger partial charge in [-0.2, -0.15) is 0 Å². The van der Waals surface area contributed by atoms with Crippen LogP contribution >= 0.6 is 0 Å². The molecule has 2 saturated heterocycles. The Hall–Kier alpha value is -3.04. The van der Waals surface area contributed by atoms with Gasteiger partial charge in [0.2, 0.25) is 11.8 Å². The van der Waals surface area contributed by atoms with Crippen LogP contribution in [0.3, 0.4) is 0 Å². The molecule has 4 aliphatic rings. The summed E-state index contributed by atoms with van der Waals surface area (Å²) in [4.78, 5) is 43.2. The van der Waals surface area contributed by atoms with Crippen molar-refractivity contribution >= 4 is 17.7 Å². The number of amides is 3. The zero-order valence-corrected chi connectivity index (χ0v) is 17.1. The fourth-order valence-electron chi connectivity index (χ4n) is 5.51. The van der Waals surface area contributed by atoms with Gasteiger partial charge in [0.25, 0.3) is 5.91 Å². The lowest BCUT2D eigenvalue weighted by Gasteiger charge is -2.41. The van der Waals surface area contributed by atoms with E-state index in [1.54, 1.807) is 4.90 Å². The number of nitrogens with one attached hydrogen (secondary N) is 3. The zero-order chi connectivity index (χ0) is 21.2. The van der Waals surface area contributed by atoms with Crippen LogP contribution in [0.25, 0.3) is 0 Å². The number of nitrogens with zero attached hydrogens (tertiary/aromatic N) is 3. The van der Waals surface area contributed by atoms with Gasteiger partial charge in [0.15, 0.2) is 0 Å². The van der Waals surface area contributed by atoms with Crippen molar-refractivity contribution in [3.8, 4) is 0 Å². The topological polar surface area (TPSA) is 108 Å². The number of carbonyl (C=O) groups is 3. The highest BCUT2D eigenvalue weighted by Gasteiger charge is 2.48. The lowest BCUT2D eigenvalue weighted by Crippen LogP contribution is -2.58. The van der Waals surface area contributed by atoms with Crippen molar-refractivity contribution < 1.29 is 14.4 Å². The van der Waals surface area contributed by atoms with E-state index < -0.39 is 6.04 Å². The van der Waals surface area contributed by atoms with Crippen LogP contribution < -0.4 is 16.0 Å². The summed E-state index contributed by atoms with van der Waals surface area (Å²) in [6.45, 7) is 2.86. The molecule has 160 valence electrons. The standard InChI is InChI=1S/C22H24N6O3/c29-17-5-4-16(20(30)26-17)27-10-14-3-1-2-13(18(14)21(27)31)9-25-15-8-22(11-23-12-22)28-7-6-24-19(15)28/h1-3,6-7,15-16,23,25H,4-5,8-12H2,(H,26,29,30). The number of imide groups is 1. The SMILES string of the molecule is O=C1CCC(N2Cc3cccc(CNC4CC5(CNC5)n5ccnc54)c3C2=O)C(=O)N1. The molecular formula is C22H24N6O3. The van der Waals surface area contributed by atoms with E-state index in [1.807, 2.05) is 24.4 Å². The van der Waals surface area contributed by atoms with Gasteiger partial charge >= 0.3 is 0 Å². The molecule has 1 aromatic heterocycles. The number of hydrogen-bond acceptors (Lipinski definition) is 6. The lowest BCUT2D eigenvalue weighted by molar-refractivity contribution is -0.136. The van der Waals surface area contributed by atoms with E-state index in [-0.39, 0.29) is 35.7 Å². The number of benzene rings is 1. The van der Waals surface area contributed by atoms with Crippen molar-refractivity contribution in [1.82, 2.24) is 30.4 Å². The molecule has 9 nitrogen and oxygen atoms in total. The van der Waals surface area contributed by atoms with Gasteiger partial charge in [-0.15, -0.1) is 0 Å². The first kappa shape index (κ1) is 18.7. The third kappa shape index (κ3) is 2.76. The molecule has 0 radical (unpaired) electrons. The van der Waals surface area contributed by atoms with Crippen LogP contribution in [0.5, 0.6) is 0 Å². The Morgan fingerprint density at radius 2 is 2.10 bits per heavy atom. The normalized spacial score (nSPS) is 26.1. The molecule has 6 rings (SSSR count). The van der Waals surface area contributed by atoms with Crippen LogP contribution in [0.1, 0.15) is 52.6 Å². The molecule has 2 aromatic rings. The molecule has 2 atom stereocenters. The smallest absolute Gasteiger partial charge is 0.255 e. The fraction of sp³-hybridized carbons (Fsp3) is 0.455. The van der Waals surface area contributed by atoms with Gasteiger partial charge < -0.3 is 20.1 Å². The molecule has 0 aliphatic carbocycles. The molecule has 3 N–H and O–H groups in total. The minimum Gasteiger partial charge on any atom is -0.325 e. The molecule has 5 heterocycles. The number of fused-ring (bicyclic) bond motifs is 3. The van der Waals surface area contributed by atoms with Gasteiger partial charge in [-0.25, -0.2) is 4.98 Å². The van der Waals surface area contributed by atoms with Crippen LogP contribution in [0, 0.1) is 0 Å². The molecule has 0 saturated carbocycles. The van der Waals surface area contributed by atoms with Crippen molar-refractivity contribution in [2.45, 2.75) is 50.0 Å². The number of imidazole rings is 1. The first-order chi connectivity index (χ1) is 15.1. The lowest BCUT2D eigenvalue weighted by atomic mass is 9.88. The third-order valence-electron chi connectivity index (χ3n) is 7.16. The van der Waals surface area contributed by atoms with Crippen molar-refractivity contribution in [2.24, 2.45) is 0 Å². The summed E-state index contributed by atoms with van der Waals surface area (Å²) in [5, 5.41) is 9.35. The summed E-state index contributed by atoms with van der Waals surface area (Å²) < 4.78 is 2.28. The van der Waals surface area contributed by atoms with Crippen LogP contribution in [0.2, 0.25) is 0 Å². The van der Waals surface area contributed by atoms with E-state index in [0.717, 1.165) is 36.5 Å². The Morgan fingerprint density at radius 1 is 1.23 bits per heavy atom. The van der Waals surface area contributed by atoms with E-state index in [2.05, 4.69) is 31.7 Å².